The zero-order valence-corrected chi connectivity index (χ0v) is 25.9. The summed E-state index contributed by atoms with van der Waals surface area (Å²) in [6, 6.07) is 16.0. The Balaban J connectivity index is 1.25. The Labute approximate surface area is 255 Å². The third kappa shape index (κ3) is 8.15. The van der Waals surface area contributed by atoms with Gasteiger partial charge in [-0.2, -0.15) is 0 Å². The molecule has 0 radical (unpaired) electrons. The van der Waals surface area contributed by atoms with Gasteiger partial charge in [-0.05, 0) is 53.7 Å². The van der Waals surface area contributed by atoms with E-state index >= 15 is 0 Å². The maximum atomic E-state index is 12.1. The van der Waals surface area contributed by atoms with Crippen LogP contribution in [0.5, 0.6) is 0 Å². The summed E-state index contributed by atoms with van der Waals surface area (Å²) < 4.78 is 18.0. The molecule has 3 aliphatic rings. The second-order valence-corrected chi connectivity index (χ2v) is 13.6. The molecule has 2 amide bonds. The maximum absolute atomic E-state index is 12.1. The van der Waals surface area contributed by atoms with E-state index in [9.17, 15) is 14.7 Å². The number of benzene rings is 2. The third-order valence-electron chi connectivity index (χ3n) is 8.98. The van der Waals surface area contributed by atoms with Gasteiger partial charge in [-0.15, -0.1) is 0 Å². The van der Waals surface area contributed by atoms with Crippen molar-refractivity contribution in [3.05, 3.63) is 70.8 Å². The van der Waals surface area contributed by atoms with Crippen molar-refractivity contribution >= 4 is 12.0 Å². The Kier molecular flexibility index (Phi) is 9.76. The molecule has 3 fully saturated rings. The highest BCUT2D eigenvalue weighted by atomic mass is 16.7. The summed E-state index contributed by atoms with van der Waals surface area (Å²) in [5.74, 6) is -0.471. The molecule has 2 heterocycles. The fourth-order valence-electron chi connectivity index (χ4n) is 7.49. The molecule has 2 saturated heterocycles. The highest BCUT2D eigenvalue weighted by molar-refractivity contribution is 5.80. The smallest absolute Gasteiger partial charge is 0.325 e. The molecule has 3 N–H and O–H groups in total. The van der Waals surface area contributed by atoms with E-state index in [0.29, 0.717) is 23.4 Å². The lowest BCUT2D eigenvalue weighted by molar-refractivity contribution is -0.253. The predicted octanol–water partition coefficient (Wildman–Crippen LogP) is 4.99. The quantitative estimate of drug-likeness (QED) is 0.333. The SMILES string of the molecule is CCOC(=O)CNC(=O)NCc1ccc([C@H]2O[C@@H](CN3CC4(C)CC3CC(C)(C)C4)C[C@@H](c3ccc(CO)cc3)O2)cc1. The molecule has 0 aromatic heterocycles. The van der Waals surface area contributed by atoms with E-state index in [0.717, 1.165) is 41.8 Å². The highest BCUT2D eigenvalue weighted by Crippen LogP contribution is 2.53. The van der Waals surface area contributed by atoms with E-state index < -0.39 is 18.3 Å². The number of aliphatic hydroxyl groups is 1. The topological polar surface area (TPSA) is 109 Å². The normalized spacial score (nSPS) is 28.3. The third-order valence-corrected chi connectivity index (χ3v) is 8.98. The van der Waals surface area contributed by atoms with Crippen LogP contribution in [0.1, 0.15) is 88.0 Å². The Bertz CT molecular complexity index is 1250. The first-order valence-corrected chi connectivity index (χ1v) is 15.6. The molecule has 43 heavy (non-hydrogen) atoms. The van der Waals surface area contributed by atoms with Crippen LogP contribution in [0.4, 0.5) is 4.79 Å². The molecule has 2 bridgehead atoms. The van der Waals surface area contributed by atoms with Gasteiger partial charge in [-0.3, -0.25) is 9.69 Å². The van der Waals surface area contributed by atoms with Crippen molar-refractivity contribution in [2.45, 2.75) is 91.1 Å². The lowest BCUT2D eigenvalue weighted by Crippen LogP contribution is -2.42. The van der Waals surface area contributed by atoms with Gasteiger partial charge in [0.2, 0.25) is 0 Å². The average molecular weight is 594 g/mol. The molecular weight excluding hydrogens is 546 g/mol. The van der Waals surface area contributed by atoms with Gasteiger partial charge >= 0.3 is 12.0 Å². The van der Waals surface area contributed by atoms with Crippen molar-refractivity contribution in [3.63, 3.8) is 0 Å². The number of fused-ring (bicyclic) bond motifs is 2. The number of ether oxygens (including phenoxy) is 3. The molecule has 2 aromatic rings. The van der Waals surface area contributed by atoms with Gasteiger partial charge in [-0.25, -0.2) is 4.79 Å². The minimum atomic E-state index is -0.523. The molecule has 2 unspecified atom stereocenters. The molecule has 234 valence electrons. The van der Waals surface area contributed by atoms with Crippen molar-refractivity contribution in [2.75, 3.05) is 26.2 Å². The van der Waals surface area contributed by atoms with Crippen LogP contribution in [0, 0.1) is 10.8 Å². The van der Waals surface area contributed by atoms with Crippen LogP contribution < -0.4 is 10.6 Å². The molecule has 5 rings (SSSR count). The van der Waals surface area contributed by atoms with Gasteiger partial charge < -0.3 is 30.0 Å². The van der Waals surface area contributed by atoms with Crippen molar-refractivity contribution < 1.29 is 28.9 Å². The van der Waals surface area contributed by atoms with E-state index in [1.807, 2.05) is 48.5 Å². The minimum absolute atomic E-state index is 0.0109. The Morgan fingerprint density at radius 1 is 0.977 bits per heavy atom. The Morgan fingerprint density at radius 3 is 2.37 bits per heavy atom. The van der Waals surface area contributed by atoms with Crippen molar-refractivity contribution in [1.82, 2.24) is 15.5 Å². The van der Waals surface area contributed by atoms with Crippen molar-refractivity contribution in [3.8, 4) is 0 Å². The van der Waals surface area contributed by atoms with Crippen LogP contribution in [0.3, 0.4) is 0 Å². The second-order valence-electron chi connectivity index (χ2n) is 13.6. The summed E-state index contributed by atoms with van der Waals surface area (Å²) in [4.78, 5) is 26.2. The number of nitrogens with one attached hydrogen (secondary N) is 2. The van der Waals surface area contributed by atoms with Gasteiger partial charge in [0.15, 0.2) is 6.29 Å². The summed E-state index contributed by atoms with van der Waals surface area (Å²) in [6.45, 7) is 11.4. The number of likely N-dealkylation sites (tertiary alicyclic amines) is 1. The van der Waals surface area contributed by atoms with Crippen molar-refractivity contribution in [2.24, 2.45) is 10.8 Å². The van der Waals surface area contributed by atoms with Gasteiger partial charge in [0.1, 0.15) is 6.54 Å². The monoisotopic (exact) mass is 593 g/mol. The molecule has 0 spiro atoms. The number of hydrogen-bond donors (Lipinski definition) is 3. The summed E-state index contributed by atoms with van der Waals surface area (Å²) in [5, 5.41) is 14.8. The first kappa shape index (κ1) is 31.4. The number of carbonyl (C=O) groups excluding carboxylic acids is 2. The van der Waals surface area contributed by atoms with Crippen LogP contribution in [0.15, 0.2) is 48.5 Å². The summed E-state index contributed by atoms with van der Waals surface area (Å²) in [5.41, 5.74) is 4.52. The fraction of sp³-hybridized carbons (Fsp3) is 0.588. The van der Waals surface area contributed by atoms with Gasteiger partial charge in [0.25, 0.3) is 0 Å². The first-order valence-electron chi connectivity index (χ1n) is 15.6. The second kappa shape index (κ2) is 13.3. The maximum Gasteiger partial charge on any atom is 0.325 e. The number of esters is 1. The summed E-state index contributed by atoms with van der Waals surface area (Å²) in [7, 11) is 0. The van der Waals surface area contributed by atoms with E-state index in [4.69, 9.17) is 14.2 Å². The van der Waals surface area contributed by atoms with Crippen LogP contribution >= 0.6 is 0 Å². The number of urea groups is 1. The largest absolute Gasteiger partial charge is 0.465 e. The number of rotatable bonds is 10. The van der Waals surface area contributed by atoms with Crippen LogP contribution in [-0.4, -0.2) is 60.4 Å². The molecule has 2 aliphatic heterocycles. The standard InChI is InChI=1S/C34H47N3O6/c1-5-41-30(39)18-36-32(40)35-17-23-6-12-26(13-7-23)31-42-28(14-29(43-31)25-10-8-24(20-38)9-11-25)19-37-22-34(4)16-27(37)15-33(2,3)21-34/h6-13,27-29,31,38H,5,14-22H2,1-4H3,(H2,35,36,40)/t27?,28-,29+,31+,34?/m1/s1. The fourth-order valence-corrected chi connectivity index (χ4v) is 7.49. The Morgan fingerprint density at radius 2 is 1.67 bits per heavy atom. The van der Waals surface area contributed by atoms with Crippen LogP contribution in [0.25, 0.3) is 0 Å². The zero-order chi connectivity index (χ0) is 30.6. The number of carbonyl (C=O) groups is 2. The number of nitrogens with zero attached hydrogens (tertiary/aromatic N) is 1. The number of hydrogen-bond acceptors (Lipinski definition) is 7. The van der Waals surface area contributed by atoms with E-state index in [2.05, 4.69) is 36.3 Å². The molecule has 5 atom stereocenters. The first-order chi connectivity index (χ1) is 20.5. The Hall–Kier alpha value is -2.98. The lowest BCUT2D eigenvalue weighted by atomic mass is 9.65. The van der Waals surface area contributed by atoms with E-state index in [1.165, 1.54) is 19.3 Å². The van der Waals surface area contributed by atoms with E-state index in [-0.39, 0.29) is 32.0 Å². The van der Waals surface area contributed by atoms with Crippen LogP contribution in [-0.2, 0) is 32.2 Å². The van der Waals surface area contributed by atoms with Crippen molar-refractivity contribution in [1.29, 1.82) is 0 Å². The van der Waals surface area contributed by atoms with Gasteiger partial charge in [0.05, 0.1) is 25.4 Å². The predicted molar refractivity (Wildman–Crippen MR) is 163 cm³/mol. The lowest BCUT2D eigenvalue weighted by Gasteiger charge is -2.41. The van der Waals surface area contributed by atoms with Gasteiger partial charge in [0, 0.05) is 37.7 Å². The molecular formula is C34H47N3O6. The number of amides is 2. The molecule has 1 saturated carbocycles. The minimum Gasteiger partial charge on any atom is -0.465 e. The van der Waals surface area contributed by atoms with Crippen LogP contribution in [0.2, 0.25) is 0 Å². The zero-order valence-electron chi connectivity index (χ0n) is 25.9. The number of aliphatic hydroxyl groups excluding tert-OH is 1. The van der Waals surface area contributed by atoms with E-state index in [1.54, 1.807) is 6.92 Å². The summed E-state index contributed by atoms with van der Waals surface area (Å²) in [6.07, 6.45) is 3.86. The summed E-state index contributed by atoms with van der Waals surface area (Å²) >= 11 is 0. The molecule has 9 heteroatoms. The van der Waals surface area contributed by atoms with Gasteiger partial charge in [-0.1, -0.05) is 69.3 Å². The molecule has 1 aliphatic carbocycles. The highest BCUT2D eigenvalue weighted by Gasteiger charge is 2.50. The molecule has 2 aromatic carbocycles. The molecule has 9 nitrogen and oxygen atoms in total. The average Bonchev–Trinajstić information content (AvgIpc) is 3.22.